The molecule has 0 bridgehead atoms. The number of methoxy groups -OCH3 is 2. The van der Waals surface area contributed by atoms with Crippen LogP contribution in [0.15, 0.2) is 64.4 Å². The first-order chi connectivity index (χ1) is 19.0. The molecule has 0 saturated heterocycles. The first-order valence-electron chi connectivity index (χ1n) is 12.2. The highest BCUT2D eigenvalue weighted by Gasteiger charge is 2.23. The second-order valence-electron chi connectivity index (χ2n) is 8.51. The van der Waals surface area contributed by atoms with Gasteiger partial charge in [0, 0.05) is 38.5 Å². The number of rotatable bonds is 10. The Morgan fingerprint density at radius 3 is 2.51 bits per heavy atom. The van der Waals surface area contributed by atoms with E-state index in [-0.39, 0.29) is 11.7 Å². The smallest absolute Gasteiger partial charge is 0.341 e. The molecule has 0 spiro atoms. The van der Waals surface area contributed by atoms with Crippen LogP contribution in [0.3, 0.4) is 0 Å². The number of thioether (sulfide) groups is 1. The highest BCUT2D eigenvalue weighted by atomic mass is 32.2. The summed E-state index contributed by atoms with van der Waals surface area (Å²) < 4.78 is 13.5. The van der Waals surface area contributed by atoms with Crippen LogP contribution in [0.4, 0.5) is 5.00 Å². The van der Waals surface area contributed by atoms with Crippen LogP contribution in [0.25, 0.3) is 32.6 Å². The molecule has 0 unspecified atom stereocenters. The van der Waals surface area contributed by atoms with Crippen molar-refractivity contribution in [1.29, 1.82) is 0 Å². The van der Waals surface area contributed by atoms with E-state index in [0.717, 1.165) is 35.3 Å². The van der Waals surface area contributed by atoms with Gasteiger partial charge in [-0.2, -0.15) is 0 Å². The first kappa shape index (κ1) is 26.9. The van der Waals surface area contributed by atoms with E-state index in [1.807, 2.05) is 41.8 Å². The number of nitrogens with zero attached hydrogens (tertiary/aromatic N) is 3. The SMILES string of the molecule is CCCn1c(SCC(=O)Nc2scc(-c3ccc(OC)cc3)c2C(=O)OC)nnc1-c1csc2ccccc12. The Balaban J connectivity index is 1.34. The van der Waals surface area contributed by atoms with Crippen molar-refractivity contribution in [3.8, 4) is 28.3 Å². The lowest BCUT2D eigenvalue weighted by molar-refractivity contribution is -0.113. The summed E-state index contributed by atoms with van der Waals surface area (Å²) in [6.45, 7) is 2.83. The lowest BCUT2D eigenvalue weighted by Gasteiger charge is -2.10. The molecule has 1 N–H and O–H groups in total. The Hall–Kier alpha value is -3.67. The number of aromatic nitrogens is 3. The fourth-order valence-electron chi connectivity index (χ4n) is 4.20. The molecule has 39 heavy (non-hydrogen) atoms. The van der Waals surface area contributed by atoms with Gasteiger partial charge in [0.25, 0.3) is 0 Å². The standard InChI is InChI=1S/C28H26N4O4S3/c1-4-13-32-25(21-15-37-22-8-6-5-7-19(21)22)30-31-28(32)39-16-23(33)29-26-24(27(34)36-3)20(14-38-26)17-9-11-18(35-2)12-10-17/h5-12,14-15H,4,13,16H2,1-3H3,(H,29,33). The van der Waals surface area contributed by atoms with Gasteiger partial charge in [-0.3, -0.25) is 4.79 Å². The molecule has 0 saturated carbocycles. The quantitative estimate of drug-likeness (QED) is 0.143. The maximum atomic E-state index is 13.0. The Morgan fingerprint density at radius 2 is 1.77 bits per heavy atom. The molecule has 0 aliphatic rings. The van der Waals surface area contributed by atoms with Crippen molar-refractivity contribution >= 4 is 61.4 Å². The zero-order chi connectivity index (χ0) is 27.4. The average molecular weight is 579 g/mol. The third-order valence-corrected chi connectivity index (χ3v) is 8.88. The van der Waals surface area contributed by atoms with Crippen molar-refractivity contribution < 1.29 is 19.1 Å². The molecular weight excluding hydrogens is 553 g/mol. The minimum absolute atomic E-state index is 0.114. The number of anilines is 1. The number of ether oxygens (including phenoxy) is 2. The van der Waals surface area contributed by atoms with E-state index in [2.05, 4.69) is 44.5 Å². The zero-order valence-corrected chi connectivity index (χ0v) is 24.0. The van der Waals surface area contributed by atoms with Gasteiger partial charge >= 0.3 is 5.97 Å². The summed E-state index contributed by atoms with van der Waals surface area (Å²) in [5.74, 6) is 0.864. The van der Waals surface area contributed by atoms with Gasteiger partial charge in [0.2, 0.25) is 5.91 Å². The second-order valence-corrected chi connectivity index (χ2v) is 11.2. The first-order valence-corrected chi connectivity index (χ1v) is 14.9. The second kappa shape index (κ2) is 12.0. The van der Waals surface area contributed by atoms with Gasteiger partial charge in [0.05, 0.1) is 20.0 Å². The van der Waals surface area contributed by atoms with Gasteiger partial charge < -0.3 is 19.4 Å². The maximum Gasteiger partial charge on any atom is 0.341 e. The van der Waals surface area contributed by atoms with Crippen LogP contribution in [0.5, 0.6) is 5.75 Å². The van der Waals surface area contributed by atoms with Crippen LogP contribution in [0, 0.1) is 0 Å². The van der Waals surface area contributed by atoms with E-state index in [1.54, 1.807) is 18.4 Å². The minimum atomic E-state index is -0.514. The number of amides is 1. The Labute approximate surface area is 238 Å². The number of hydrogen-bond acceptors (Lipinski definition) is 9. The van der Waals surface area contributed by atoms with Gasteiger partial charge in [-0.1, -0.05) is 49.0 Å². The summed E-state index contributed by atoms with van der Waals surface area (Å²) in [4.78, 5) is 25.7. The zero-order valence-electron chi connectivity index (χ0n) is 21.6. The highest BCUT2D eigenvalue weighted by molar-refractivity contribution is 7.99. The molecule has 11 heteroatoms. The van der Waals surface area contributed by atoms with Crippen molar-refractivity contribution in [3.05, 3.63) is 64.9 Å². The number of esters is 1. The molecule has 0 fully saturated rings. The van der Waals surface area contributed by atoms with Crippen molar-refractivity contribution in [1.82, 2.24) is 14.8 Å². The average Bonchev–Trinajstić information content (AvgIpc) is 3.68. The third-order valence-electron chi connectivity index (χ3n) is 6.05. The predicted molar refractivity (Wildman–Crippen MR) is 158 cm³/mol. The molecule has 0 aliphatic carbocycles. The number of thiophene rings is 2. The Bertz CT molecular complexity index is 1620. The Kier molecular flexibility index (Phi) is 8.30. The van der Waals surface area contributed by atoms with Crippen LogP contribution >= 0.6 is 34.4 Å². The molecule has 5 rings (SSSR count). The van der Waals surface area contributed by atoms with Crippen LogP contribution in [-0.4, -0.2) is 46.6 Å². The minimum Gasteiger partial charge on any atom is -0.497 e. The van der Waals surface area contributed by atoms with Crippen molar-refractivity contribution in [3.63, 3.8) is 0 Å². The van der Waals surface area contributed by atoms with Gasteiger partial charge in [-0.15, -0.1) is 32.9 Å². The molecule has 0 aliphatic heterocycles. The normalized spacial score (nSPS) is 11.1. The van der Waals surface area contributed by atoms with Crippen LogP contribution in [0.2, 0.25) is 0 Å². The largest absolute Gasteiger partial charge is 0.497 e. The molecule has 0 radical (unpaired) electrons. The topological polar surface area (TPSA) is 95.3 Å². The number of carbonyl (C=O) groups is 2. The van der Waals surface area contributed by atoms with E-state index >= 15 is 0 Å². The number of carbonyl (C=O) groups excluding carboxylic acids is 2. The van der Waals surface area contributed by atoms with Gasteiger partial charge in [0.1, 0.15) is 16.3 Å². The van der Waals surface area contributed by atoms with E-state index in [1.165, 1.54) is 34.9 Å². The van der Waals surface area contributed by atoms with Gasteiger partial charge in [-0.25, -0.2) is 4.79 Å². The number of nitrogens with one attached hydrogen (secondary N) is 1. The maximum absolute atomic E-state index is 13.0. The predicted octanol–water partition coefficient (Wildman–Crippen LogP) is 6.82. The molecular formula is C28H26N4O4S3. The summed E-state index contributed by atoms with van der Waals surface area (Å²) >= 11 is 4.28. The fourth-order valence-corrected chi connectivity index (χ4v) is 6.88. The van der Waals surface area contributed by atoms with E-state index in [0.29, 0.717) is 27.0 Å². The molecule has 0 atom stereocenters. The molecule has 1 amide bonds. The number of benzene rings is 2. The summed E-state index contributed by atoms with van der Waals surface area (Å²) in [6, 6.07) is 15.6. The summed E-state index contributed by atoms with van der Waals surface area (Å²) in [5, 5.41) is 18.0. The van der Waals surface area contributed by atoms with Crippen molar-refractivity contribution in [2.24, 2.45) is 0 Å². The monoisotopic (exact) mass is 578 g/mol. The molecule has 3 heterocycles. The van der Waals surface area contributed by atoms with Crippen molar-refractivity contribution in [2.75, 3.05) is 25.3 Å². The molecule has 2 aromatic carbocycles. The molecule has 3 aromatic heterocycles. The number of fused-ring (bicyclic) bond motifs is 1. The molecule has 8 nitrogen and oxygen atoms in total. The van der Waals surface area contributed by atoms with Crippen LogP contribution in [0.1, 0.15) is 23.7 Å². The van der Waals surface area contributed by atoms with E-state index in [9.17, 15) is 9.59 Å². The molecule has 200 valence electrons. The fraction of sp³-hybridized carbons (Fsp3) is 0.214. The van der Waals surface area contributed by atoms with Gasteiger partial charge in [0.15, 0.2) is 11.0 Å². The summed E-state index contributed by atoms with van der Waals surface area (Å²) in [6.07, 6.45) is 0.901. The van der Waals surface area contributed by atoms with Crippen LogP contribution in [-0.2, 0) is 16.1 Å². The third kappa shape index (κ3) is 5.56. The molecule has 5 aromatic rings. The summed E-state index contributed by atoms with van der Waals surface area (Å²) in [7, 11) is 2.93. The van der Waals surface area contributed by atoms with Gasteiger partial charge in [-0.05, 0) is 30.2 Å². The lowest BCUT2D eigenvalue weighted by Crippen LogP contribution is -2.16. The van der Waals surface area contributed by atoms with E-state index < -0.39 is 5.97 Å². The lowest BCUT2D eigenvalue weighted by atomic mass is 10.0. The van der Waals surface area contributed by atoms with Crippen molar-refractivity contribution in [2.45, 2.75) is 25.0 Å². The van der Waals surface area contributed by atoms with E-state index in [4.69, 9.17) is 9.47 Å². The number of hydrogen-bond donors (Lipinski definition) is 1. The highest BCUT2D eigenvalue weighted by Crippen LogP contribution is 2.37. The van der Waals surface area contributed by atoms with Crippen LogP contribution < -0.4 is 10.1 Å². The summed E-state index contributed by atoms with van der Waals surface area (Å²) in [5.41, 5.74) is 2.88. The Morgan fingerprint density at radius 1 is 1.00 bits per heavy atom.